The van der Waals surface area contributed by atoms with Gasteiger partial charge in [-0.3, -0.25) is 9.59 Å². The maximum Gasteiger partial charge on any atom is 0.447 e. The van der Waals surface area contributed by atoms with Crippen LogP contribution in [0.25, 0.3) is 0 Å². The molecule has 2 aromatic rings. The van der Waals surface area contributed by atoms with Gasteiger partial charge in [-0.05, 0) is 36.8 Å². The maximum atomic E-state index is 12.9. The Morgan fingerprint density at radius 2 is 1.86 bits per heavy atom. The second kappa shape index (κ2) is 9.54. The van der Waals surface area contributed by atoms with Crippen LogP contribution in [0.1, 0.15) is 22.8 Å². The predicted octanol–water partition coefficient (Wildman–Crippen LogP) is 3.61. The molecule has 1 aromatic heterocycles. The number of halogens is 4. The molecule has 0 aliphatic rings. The van der Waals surface area contributed by atoms with Crippen LogP contribution < -0.4 is 5.32 Å². The minimum atomic E-state index is -4.59. The fourth-order valence-corrected chi connectivity index (χ4v) is 2.87. The first-order valence-electron chi connectivity index (χ1n) is 8.20. The number of benzene rings is 1. The van der Waals surface area contributed by atoms with Crippen molar-refractivity contribution < 1.29 is 27.2 Å². The Balaban J connectivity index is 2.03. The molecule has 28 heavy (non-hydrogen) atoms. The van der Waals surface area contributed by atoms with Gasteiger partial charge in [0.05, 0.1) is 12.1 Å². The summed E-state index contributed by atoms with van der Waals surface area (Å²) in [6.45, 7) is 1.53. The van der Waals surface area contributed by atoms with Crippen LogP contribution in [0.4, 0.5) is 17.6 Å². The molecule has 1 aromatic carbocycles. The van der Waals surface area contributed by atoms with E-state index in [-0.39, 0.29) is 25.2 Å². The quantitative estimate of drug-likeness (QED) is 0.554. The van der Waals surface area contributed by atoms with Gasteiger partial charge in [-0.25, -0.2) is 9.37 Å². The van der Waals surface area contributed by atoms with E-state index in [4.69, 9.17) is 0 Å². The van der Waals surface area contributed by atoms with E-state index in [1.165, 1.54) is 36.4 Å². The third-order valence-corrected chi connectivity index (χ3v) is 4.37. The zero-order valence-corrected chi connectivity index (χ0v) is 15.6. The molecule has 10 heteroatoms. The van der Waals surface area contributed by atoms with E-state index < -0.39 is 39.9 Å². The number of likely N-dealkylation sites (N-methyl/N-ethyl adjacent to an activating group) is 1. The van der Waals surface area contributed by atoms with Gasteiger partial charge in [0.25, 0.3) is 5.91 Å². The molecule has 0 aliphatic heterocycles. The van der Waals surface area contributed by atoms with Crippen molar-refractivity contribution in [3.05, 3.63) is 59.5 Å². The molecule has 5 nitrogen and oxygen atoms in total. The zero-order chi connectivity index (χ0) is 20.7. The number of hydrogen-bond donors (Lipinski definition) is 1. The molecule has 0 saturated heterocycles. The fraction of sp³-hybridized carbons (Fsp3) is 0.278. The molecule has 0 spiro atoms. The monoisotopic (exact) mass is 415 g/mol. The minimum absolute atomic E-state index is 0.119. The van der Waals surface area contributed by atoms with Crippen LogP contribution in [-0.4, -0.2) is 40.3 Å². The summed E-state index contributed by atoms with van der Waals surface area (Å²) < 4.78 is 50.9. The molecule has 1 N–H and O–H groups in total. The number of nitrogens with one attached hydrogen (secondary N) is 1. The number of alkyl halides is 3. The van der Waals surface area contributed by atoms with Crippen LogP contribution in [-0.2, 0) is 11.3 Å². The first-order chi connectivity index (χ1) is 13.2. The van der Waals surface area contributed by atoms with Gasteiger partial charge >= 0.3 is 5.51 Å². The number of pyridine rings is 1. The van der Waals surface area contributed by atoms with Crippen LogP contribution in [0.2, 0.25) is 0 Å². The Morgan fingerprint density at radius 3 is 2.46 bits per heavy atom. The lowest BCUT2D eigenvalue weighted by Gasteiger charge is -2.21. The van der Waals surface area contributed by atoms with E-state index in [1.54, 1.807) is 6.92 Å². The Hall–Kier alpha value is -2.62. The number of amides is 2. The third kappa shape index (κ3) is 6.52. The van der Waals surface area contributed by atoms with Crippen LogP contribution in [0.15, 0.2) is 47.6 Å². The summed E-state index contributed by atoms with van der Waals surface area (Å²) in [6, 6.07) is 8.12. The molecule has 1 heterocycles. The van der Waals surface area contributed by atoms with Crippen molar-refractivity contribution >= 4 is 23.6 Å². The number of thioether (sulfide) groups is 1. The number of aromatic nitrogens is 1. The summed E-state index contributed by atoms with van der Waals surface area (Å²) in [4.78, 5) is 29.5. The summed E-state index contributed by atoms with van der Waals surface area (Å²) in [6.07, 6.45) is 1.16. The first kappa shape index (κ1) is 21.7. The molecule has 0 aliphatic carbocycles. The van der Waals surface area contributed by atoms with E-state index in [0.29, 0.717) is 5.56 Å². The molecule has 150 valence electrons. The van der Waals surface area contributed by atoms with Gasteiger partial charge < -0.3 is 10.2 Å². The van der Waals surface area contributed by atoms with Crippen molar-refractivity contribution in [1.82, 2.24) is 15.2 Å². The van der Waals surface area contributed by atoms with Crippen LogP contribution >= 0.6 is 11.8 Å². The van der Waals surface area contributed by atoms with E-state index in [1.807, 2.05) is 0 Å². The fourth-order valence-electron chi connectivity index (χ4n) is 2.27. The molecule has 2 amide bonds. The standard InChI is InChI=1S/C18H17F4N3O2S/c1-2-25(11-15(26)24-10-12-5-7-13(19)8-6-12)17(27)14-4-3-9-23-16(14)28-18(20,21)22/h3-9H,2,10-11H2,1H3,(H,24,26). The molecule has 0 saturated carbocycles. The second-order valence-electron chi connectivity index (χ2n) is 5.63. The third-order valence-electron chi connectivity index (χ3n) is 3.62. The van der Waals surface area contributed by atoms with Crippen molar-refractivity contribution in [3.63, 3.8) is 0 Å². The van der Waals surface area contributed by atoms with E-state index in [9.17, 15) is 27.2 Å². The number of carbonyl (C=O) groups is 2. The Bertz CT molecular complexity index is 828. The minimum Gasteiger partial charge on any atom is -0.350 e. The first-order valence-corrected chi connectivity index (χ1v) is 9.02. The molecule has 0 fully saturated rings. The summed E-state index contributed by atoms with van der Waals surface area (Å²) in [7, 11) is 0. The highest BCUT2D eigenvalue weighted by atomic mass is 32.2. The van der Waals surface area contributed by atoms with Gasteiger partial charge in [0.15, 0.2) is 0 Å². The van der Waals surface area contributed by atoms with E-state index >= 15 is 0 Å². The lowest BCUT2D eigenvalue weighted by molar-refractivity contribution is -0.121. The molecule has 0 unspecified atom stereocenters. The highest BCUT2D eigenvalue weighted by molar-refractivity contribution is 8.00. The second-order valence-corrected chi connectivity index (χ2v) is 6.68. The summed E-state index contributed by atoms with van der Waals surface area (Å²) in [5, 5.41) is 2.12. The van der Waals surface area contributed by atoms with Crippen molar-refractivity contribution in [2.45, 2.75) is 24.0 Å². The number of rotatable bonds is 7. The van der Waals surface area contributed by atoms with Gasteiger partial charge in [0.2, 0.25) is 5.91 Å². The van der Waals surface area contributed by atoms with Gasteiger partial charge in [-0.1, -0.05) is 12.1 Å². The normalized spacial score (nSPS) is 11.2. The SMILES string of the molecule is CCN(CC(=O)NCc1ccc(F)cc1)C(=O)c1cccnc1SC(F)(F)F. The highest BCUT2D eigenvalue weighted by Gasteiger charge is 2.33. The Labute approximate surface area is 163 Å². The largest absolute Gasteiger partial charge is 0.447 e. The molecule has 0 radical (unpaired) electrons. The predicted molar refractivity (Wildman–Crippen MR) is 96.0 cm³/mol. The summed E-state index contributed by atoms with van der Waals surface area (Å²) >= 11 is -0.479. The van der Waals surface area contributed by atoms with Gasteiger partial charge in [-0.2, -0.15) is 13.2 Å². The van der Waals surface area contributed by atoms with E-state index in [2.05, 4.69) is 10.3 Å². The molecule has 0 bridgehead atoms. The molecular weight excluding hydrogens is 398 g/mol. The van der Waals surface area contributed by atoms with Crippen LogP contribution in [0.3, 0.4) is 0 Å². The van der Waals surface area contributed by atoms with Crippen LogP contribution in [0.5, 0.6) is 0 Å². The van der Waals surface area contributed by atoms with Gasteiger partial charge in [-0.15, -0.1) is 0 Å². The van der Waals surface area contributed by atoms with Gasteiger partial charge in [0.1, 0.15) is 10.8 Å². The Morgan fingerprint density at radius 1 is 1.18 bits per heavy atom. The van der Waals surface area contributed by atoms with Crippen molar-refractivity contribution in [1.29, 1.82) is 0 Å². The summed E-state index contributed by atoms with van der Waals surface area (Å²) in [5.41, 5.74) is -4.15. The van der Waals surface area contributed by atoms with E-state index in [0.717, 1.165) is 11.1 Å². The molecular formula is C18H17F4N3O2S. The van der Waals surface area contributed by atoms with Crippen molar-refractivity contribution in [2.24, 2.45) is 0 Å². The molecule has 2 rings (SSSR count). The lowest BCUT2D eigenvalue weighted by atomic mass is 10.2. The maximum absolute atomic E-state index is 12.9. The number of hydrogen-bond acceptors (Lipinski definition) is 4. The molecule has 0 atom stereocenters. The van der Waals surface area contributed by atoms with Crippen molar-refractivity contribution in [2.75, 3.05) is 13.1 Å². The smallest absolute Gasteiger partial charge is 0.350 e. The van der Waals surface area contributed by atoms with Gasteiger partial charge in [0, 0.05) is 31.0 Å². The van der Waals surface area contributed by atoms with Crippen LogP contribution in [0, 0.1) is 5.82 Å². The topological polar surface area (TPSA) is 62.3 Å². The number of carbonyl (C=O) groups excluding carboxylic acids is 2. The lowest BCUT2D eigenvalue weighted by Crippen LogP contribution is -2.40. The average Bonchev–Trinajstić information content (AvgIpc) is 2.64. The summed E-state index contributed by atoms with van der Waals surface area (Å²) in [5.74, 6) is -1.62. The zero-order valence-electron chi connectivity index (χ0n) is 14.8. The van der Waals surface area contributed by atoms with Crippen molar-refractivity contribution in [3.8, 4) is 0 Å². The highest BCUT2D eigenvalue weighted by Crippen LogP contribution is 2.37. The number of nitrogens with zero attached hydrogens (tertiary/aromatic N) is 2. The average molecular weight is 415 g/mol. The Kier molecular flexibility index (Phi) is 7.38.